The summed E-state index contributed by atoms with van der Waals surface area (Å²) in [5, 5.41) is 3.39. The Kier molecular flexibility index (Phi) is 4.17. The Morgan fingerprint density at radius 3 is 2.38 bits per heavy atom. The zero-order valence-electron chi connectivity index (χ0n) is 13.8. The fourth-order valence-electron chi connectivity index (χ4n) is 3.32. The van der Waals surface area contributed by atoms with Gasteiger partial charge in [0.15, 0.2) is 5.72 Å². The second-order valence-electron chi connectivity index (χ2n) is 6.40. The SMILES string of the molecule is O=C1NC2(CCN(S(=O)(=O)c3ccc(Cl)cc3)CC2)Oc2ccccc21. The maximum absolute atomic E-state index is 12.8. The minimum atomic E-state index is -3.60. The summed E-state index contributed by atoms with van der Waals surface area (Å²) < 4.78 is 33.0. The first-order chi connectivity index (χ1) is 12.4. The van der Waals surface area contributed by atoms with Gasteiger partial charge >= 0.3 is 0 Å². The summed E-state index contributed by atoms with van der Waals surface area (Å²) in [6, 6.07) is 13.2. The molecule has 1 saturated heterocycles. The Morgan fingerprint density at radius 1 is 1.04 bits per heavy atom. The molecule has 0 radical (unpaired) electrons. The fourth-order valence-corrected chi connectivity index (χ4v) is 4.89. The van der Waals surface area contributed by atoms with Crippen LogP contribution in [-0.2, 0) is 10.0 Å². The van der Waals surface area contributed by atoms with Crippen LogP contribution in [0.15, 0.2) is 53.4 Å². The highest BCUT2D eigenvalue weighted by atomic mass is 35.5. The molecule has 1 N–H and O–H groups in total. The number of hydrogen-bond donors (Lipinski definition) is 1. The molecule has 8 heteroatoms. The van der Waals surface area contributed by atoms with Crippen LogP contribution < -0.4 is 10.1 Å². The van der Waals surface area contributed by atoms with Crippen molar-refractivity contribution in [2.75, 3.05) is 13.1 Å². The Labute approximate surface area is 156 Å². The summed E-state index contributed by atoms with van der Waals surface area (Å²) in [5.74, 6) is 0.339. The van der Waals surface area contributed by atoms with Gasteiger partial charge in [-0.3, -0.25) is 4.79 Å². The van der Waals surface area contributed by atoms with E-state index in [0.717, 1.165) is 0 Å². The number of amides is 1. The Bertz CT molecular complexity index is 951. The summed E-state index contributed by atoms with van der Waals surface area (Å²) in [6.07, 6.45) is 0.750. The average Bonchev–Trinajstić information content (AvgIpc) is 2.62. The van der Waals surface area contributed by atoms with Crippen LogP contribution in [0.2, 0.25) is 5.02 Å². The highest BCUT2D eigenvalue weighted by Gasteiger charge is 2.44. The number of sulfonamides is 1. The summed E-state index contributed by atoms with van der Waals surface area (Å²) in [5.41, 5.74) is -0.369. The lowest BCUT2D eigenvalue weighted by atomic mass is 9.98. The number of halogens is 1. The zero-order valence-corrected chi connectivity index (χ0v) is 15.4. The van der Waals surface area contributed by atoms with Crippen molar-refractivity contribution in [2.45, 2.75) is 23.5 Å². The molecule has 1 fully saturated rings. The molecule has 2 aromatic carbocycles. The minimum Gasteiger partial charge on any atom is -0.467 e. The summed E-state index contributed by atoms with van der Waals surface area (Å²) in [4.78, 5) is 12.6. The van der Waals surface area contributed by atoms with E-state index in [1.165, 1.54) is 16.4 Å². The number of carbonyl (C=O) groups excluding carboxylic acids is 1. The van der Waals surface area contributed by atoms with Gasteiger partial charge in [0.25, 0.3) is 5.91 Å². The van der Waals surface area contributed by atoms with Gasteiger partial charge < -0.3 is 10.1 Å². The van der Waals surface area contributed by atoms with E-state index in [1.807, 2.05) is 6.07 Å². The number of fused-ring (bicyclic) bond motifs is 1. The topological polar surface area (TPSA) is 75.7 Å². The molecule has 0 saturated carbocycles. The van der Waals surface area contributed by atoms with Crippen LogP contribution in [0.4, 0.5) is 0 Å². The van der Waals surface area contributed by atoms with Crippen molar-refractivity contribution in [1.29, 1.82) is 0 Å². The predicted molar refractivity (Wildman–Crippen MR) is 96.7 cm³/mol. The minimum absolute atomic E-state index is 0.194. The number of ether oxygens (including phenoxy) is 1. The molecule has 0 bridgehead atoms. The number of benzene rings is 2. The molecule has 0 unspecified atom stereocenters. The highest BCUT2D eigenvalue weighted by Crippen LogP contribution is 2.34. The van der Waals surface area contributed by atoms with Crippen LogP contribution in [0, 0.1) is 0 Å². The van der Waals surface area contributed by atoms with E-state index in [4.69, 9.17) is 16.3 Å². The van der Waals surface area contributed by atoms with Gasteiger partial charge in [-0.1, -0.05) is 23.7 Å². The molecular formula is C18H17ClN2O4S. The van der Waals surface area contributed by atoms with Gasteiger partial charge in [-0.05, 0) is 36.4 Å². The Balaban J connectivity index is 1.53. The molecule has 2 aromatic rings. The number of rotatable bonds is 2. The van der Waals surface area contributed by atoms with Gasteiger partial charge in [0, 0.05) is 31.0 Å². The van der Waals surface area contributed by atoms with Crippen LogP contribution in [0.3, 0.4) is 0 Å². The second-order valence-corrected chi connectivity index (χ2v) is 8.78. The monoisotopic (exact) mass is 392 g/mol. The molecule has 2 heterocycles. The normalized spacial score (nSPS) is 19.5. The number of carbonyl (C=O) groups is 1. The molecule has 0 aliphatic carbocycles. The van der Waals surface area contributed by atoms with Gasteiger partial charge in [0.1, 0.15) is 5.75 Å². The number of piperidine rings is 1. The largest absolute Gasteiger partial charge is 0.467 e. The molecule has 136 valence electrons. The number of nitrogens with one attached hydrogen (secondary N) is 1. The lowest BCUT2D eigenvalue weighted by molar-refractivity contribution is -0.0155. The first-order valence-corrected chi connectivity index (χ1v) is 10.1. The van der Waals surface area contributed by atoms with Crippen molar-refractivity contribution < 1.29 is 17.9 Å². The first-order valence-electron chi connectivity index (χ1n) is 8.26. The van der Waals surface area contributed by atoms with Crippen molar-refractivity contribution in [3.8, 4) is 5.75 Å². The third-order valence-electron chi connectivity index (χ3n) is 4.76. The van der Waals surface area contributed by atoms with Crippen LogP contribution in [-0.4, -0.2) is 37.4 Å². The first kappa shape index (κ1) is 17.3. The molecule has 0 atom stereocenters. The van der Waals surface area contributed by atoms with Crippen LogP contribution in [0.25, 0.3) is 0 Å². The van der Waals surface area contributed by atoms with Gasteiger partial charge in [0.05, 0.1) is 10.5 Å². The Morgan fingerprint density at radius 2 is 1.69 bits per heavy atom. The number of hydrogen-bond acceptors (Lipinski definition) is 4. The maximum Gasteiger partial charge on any atom is 0.258 e. The highest BCUT2D eigenvalue weighted by molar-refractivity contribution is 7.89. The number of nitrogens with zero attached hydrogens (tertiary/aromatic N) is 1. The summed E-state index contributed by atoms with van der Waals surface area (Å²) >= 11 is 5.83. The average molecular weight is 393 g/mol. The molecule has 6 nitrogen and oxygen atoms in total. The summed E-state index contributed by atoms with van der Waals surface area (Å²) in [6.45, 7) is 0.515. The van der Waals surface area contributed by atoms with E-state index in [0.29, 0.717) is 29.2 Å². The number of para-hydroxylation sites is 1. The van der Waals surface area contributed by atoms with E-state index < -0.39 is 15.7 Å². The van der Waals surface area contributed by atoms with E-state index in [2.05, 4.69) is 5.32 Å². The van der Waals surface area contributed by atoms with Crippen molar-refractivity contribution in [2.24, 2.45) is 0 Å². The van der Waals surface area contributed by atoms with Gasteiger partial charge in [0.2, 0.25) is 10.0 Å². The standard InChI is InChI=1S/C18H17ClN2O4S/c19-13-5-7-14(8-6-13)26(23,24)21-11-9-18(10-12-21)20-17(22)15-3-1-2-4-16(15)25-18/h1-8H,9-12H2,(H,20,22). The summed E-state index contributed by atoms with van der Waals surface area (Å²) in [7, 11) is -3.60. The predicted octanol–water partition coefficient (Wildman–Crippen LogP) is 2.64. The molecular weight excluding hydrogens is 376 g/mol. The van der Waals surface area contributed by atoms with Gasteiger partial charge in [-0.15, -0.1) is 0 Å². The second kappa shape index (κ2) is 6.26. The van der Waals surface area contributed by atoms with E-state index >= 15 is 0 Å². The van der Waals surface area contributed by atoms with Crippen LogP contribution in [0.5, 0.6) is 5.75 Å². The van der Waals surface area contributed by atoms with Crippen LogP contribution >= 0.6 is 11.6 Å². The third-order valence-corrected chi connectivity index (χ3v) is 6.92. The van der Waals surface area contributed by atoms with E-state index in [-0.39, 0.29) is 23.9 Å². The van der Waals surface area contributed by atoms with Crippen LogP contribution in [0.1, 0.15) is 23.2 Å². The van der Waals surface area contributed by atoms with E-state index in [9.17, 15) is 13.2 Å². The fraction of sp³-hybridized carbons (Fsp3) is 0.278. The van der Waals surface area contributed by atoms with Crippen molar-refractivity contribution in [3.63, 3.8) is 0 Å². The smallest absolute Gasteiger partial charge is 0.258 e. The maximum atomic E-state index is 12.8. The van der Waals surface area contributed by atoms with Crippen molar-refractivity contribution >= 4 is 27.5 Å². The van der Waals surface area contributed by atoms with E-state index in [1.54, 1.807) is 30.3 Å². The molecule has 1 amide bonds. The quantitative estimate of drug-likeness (QED) is 0.852. The lowest BCUT2D eigenvalue weighted by Crippen LogP contribution is -2.61. The molecule has 0 aromatic heterocycles. The lowest BCUT2D eigenvalue weighted by Gasteiger charge is -2.44. The van der Waals surface area contributed by atoms with Crippen molar-refractivity contribution in [3.05, 3.63) is 59.1 Å². The molecule has 1 spiro atoms. The van der Waals surface area contributed by atoms with Crippen molar-refractivity contribution in [1.82, 2.24) is 9.62 Å². The molecule has 26 heavy (non-hydrogen) atoms. The van der Waals surface area contributed by atoms with Gasteiger partial charge in [-0.25, -0.2) is 8.42 Å². The Hall–Kier alpha value is -2.09. The third kappa shape index (κ3) is 2.96. The zero-order chi connectivity index (χ0) is 18.4. The molecule has 2 aliphatic rings. The van der Waals surface area contributed by atoms with Gasteiger partial charge in [-0.2, -0.15) is 4.31 Å². The molecule has 2 aliphatic heterocycles. The molecule has 4 rings (SSSR count).